The standard InChI is InChI=1S/C18H22N2O3S2/c1-13-4-3-11-20(12-13)25(22,23)16-8-6-15(7-9-16)19-18(21)17-10-5-14(2)24-17/h5-10,13H,3-4,11-12H2,1-2H3,(H,19,21). The van der Waals surface area contributed by atoms with Crippen molar-refractivity contribution < 1.29 is 13.2 Å². The van der Waals surface area contributed by atoms with Gasteiger partial charge in [-0.3, -0.25) is 4.79 Å². The number of nitrogens with zero attached hydrogens (tertiary/aromatic N) is 1. The summed E-state index contributed by atoms with van der Waals surface area (Å²) >= 11 is 1.43. The molecule has 1 atom stereocenters. The lowest BCUT2D eigenvalue weighted by Gasteiger charge is -2.30. The average Bonchev–Trinajstić information content (AvgIpc) is 3.02. The Kier molecular flexibility index (Phi) is 5.27. The number of aryl methyl sites for hydroxylation is 1. The maximum absolute atomic E-state index is 12.7. The molecule has 0 spiro atoms. The van der Waals surface area contributed by atoms with Gasteiger partial charge in [0.05, 0.1) is 9.77 Å². The van der Waals surface area contributed by atoms with Crippen molar-refractivity contribution in [2.75, 3.05) is 18.4 Å². The molecule has 1 aliphatic heterocycles. The molecule has 0 aliphatic carbocycles. The third-order valence-electron chi connectivity index (χ3n) is 4.33. The van der Waals surface area contributed by atoms with Crippen LogP contribution in [0.15, 0.2) is 41.3 Å². The highest BCUT2D eigenvalue weighted by atomic mass is 32.2. The number of benzene rings is 1. The number of rotatable bonds is 4. The van der Waals surface area contributed by atoms with Crippen LogP contribution in [0.25, 0.3) is 0 Å². The largest absolute Gasteiger partial charge is 0.321 e. The minimum absolute atomic E-state index is 0.182. The molecular formula is C18H22N2O3S2. The van der Waals surface area contributed by atoms with Gasteiger partial charge in [0.1, 0.15) is 0 Å². The molecule has 0 bridgehead atoms. The van der Waals surface area contributed by atoms with Crippen molar-refractivity contribution in [3.05, 3.63) is 46.2 Å². The fraction of sp³-hybridized carbons (Fsp3) is 0.389. The Morgan fingerprint density at radius 2 is 1.92 bits per heavy atom. The zero-order valence-corrected chi connectivity index (χ0v) is 16.0. The summed E-state index contributed by atoms with van der Waals surface area (Å²) in [6.07, 6.45) is 1.97. The molecule has 3 rings (SSSR count). The first kappa shape index (κ1) is 18.1. The first-order valence-electron chi connectivity index (χ1n) is 8.34. The third-order valence-corrected chi connectivity index (χ3v) is 7.21. The number of hydrogen-bond donors (Lipinski definition) is 1. The third kappa shape index (κ3) is 4.11. The van der Waals surface area contributed by atoms with E-state index >= 15 is 0 Å². The topological polar surface area (TPSA) is 66.5 Å². The van der Waals surface area contributed by atoms with Crippen LogP contribution in [-0.2, 0) is 10.0 Å². The number of piperidine rings is 1. The van der Waals surface area contributed by atoms with Gasteiger partial charge in [-0.2, -0.15) is 4.31 Å². The maximum Gasteiger partial charge on any atom is 0.265 e. The van der Waals surface area contributed by atoms with Crippen molar-refractivity contribution in [1.29, 1.82) is 0 Å². The number of anilines is 1. The summed E-state index contributed by atoms with van der Waals surface area (Å²) in [5.74, 6) is 0.204. The molecule has 1 saturated heterocycles. The number of thiophene rings is 1. The van der Waals surface area contributed by atoms with Gasteiger partial charge < -0.3 is 5.32 Å². The highest BCUT2D eigenvalue weighted by molar-refractivity contribution is 7.89. The van der Waals surface area contributed by atoms with Gasteiger partial charge in [-0.15, -0.1) is 11.3 Å². The summed E-state index contributed by atoms with van der Waals surface area (Å²) in [6.45, 7) is 5.16. The monoisotopic (exact) mass is 378 g/mol. The molecule has 134 valence electrons. The first-order valence-corrected chi connectivity index (χ1v) is 10.6. The predicted molar refractivity (Wildman–Crippen MR) is 101 cm³/mol. The van der Waals surface area contributed by atoms with Crippen molar-refractivity contribution in [2.24, 2.45) is 5.92 Å². The van der Waals surface area contributed by atoms with Crippen LogP contribution in [-0.4, -0.2) is 31.7 Å². The summed E-state index contributed by atoms with van der Waals surface area (Å²) in [4.78, 5) is 14.1. The molecule has 1 aromatic carbocycles. The maximum atomic E-state index is 12.7. The van der Waals surface area contributed by atoms with E-state index in [1.165, 1.54) is 11.3 Å². The second-order valence-electron chi connectivity index (χ2n) is 6.50. The van der Waals surface area contributed by atoms with Crippen LogP contribution in [0.2, 0.25) is 0 Å². The van der Waals surface area contributed by atoms with Gasteiger partial charge in [-0.05, 0) is 62.1 Å². The Morgan fingerprint density at radius 1 is 1.20 bits per heavy atom. The zero-order valence-electron chi connectivity index (χ0n) is 14.4. The minimum Gasteiger partial charge on any atom is -0.321 e. The van der Waals surface area contributed by atoms with E-state index in [0.29, 0.717) is 29.6 Å². The van der Waals surface area contributed by atoms with E-state index in [1.807, 2.05) is 13.0 Å². The van der Waals surface area contributed by atoms with Gasteiger partial charge in [0.25, 0.3) is 5.91 Å². The molecule has 1 amide bonds. The molecule has 2 aromatic rings. The first-order chi connectivity index (χ1) is 11.9. The summed E-state index contributed by atoms with van der Waals surface area (Å²) in [5, 5.41) is 2.80. The van der Waals surface area contributed by atoms with Crippen LogP contribution in [0.3, 0.4) is 0 Å². The number of hydrogen-bond acceptors (Lipinski definition) is 4. The number of carbonyl (C=O) groups excluding carboxylic acids is 1. The molecule has 5 nitrogen and oxygen atoms in total. The van der Waals surface area contributed by atoms with Gasteiger partial charge in [-0.25, -0.2) is 8.42 Å². The van der Waals surface area contributed by atoms with Crippen molar-refractivity contribution in [3.8, 4) is 0 Å². The second-order valence-corrected chi connectivity index (χ2v) is 9.73. The summed E-state index contributed by atoms with van der Waals surface area (Å²) < 4.78 is 27.0. The molecule has 7 heteroatoms. The van der Waals surface area contributed by atoms with Crippen molar-refractivity contribution >= 4 is 33.0 Å². The Balaban J connectivity index is 1.72. The van der Waals surface area contributed by atoms with Gasteiger partial charge in [0.2, 0.25) is 10.0 Å². The Labute approximate surface area is 152 Å². The van der Waals surface area contributed by atoms with Crippen LogP contribution < -0.4 is 5.32 Å². The van der Waals surface area contributed by atoms with E-state index in [0.717, 1.165) is 17.7 Å². The zero-order chi connectivity index (χ0) is 18.0. The lowest BCUT2D eigenvalue weighted by molar-refractivity contribution is 0.103. The van der Waals surface area contributed by atoms with E-state index in [4.69, 9.17) is 0 Å². The lowest BCUT2D eigenvalue weighted by Crippen LogP contribution is -2.39. The molecule has 1 fully saturated rings. The van der Waals surface area contributed by atoms with E-state index in [9.17, 15) is 13.2 Å². The Bertz CT molecular complexity index is 857. The van der Waals surface area contributed by atoms with Crippen LogP contribution in [0, 0.1) is 12.8 Å². The predicted octanol–water partition coefficient (Wildman–Crippen LogP) is 3.73. The summed E-state index contributed by atoms with van der Waals surface area (Å²) in [6, 6.07) is 10.1. The average molecular weight is 379 g/mol. The molecule has 1 unspecified atom stereocenters. The molecule has 1 aliphatic rings. The number of nitrogens with one attached hydrogen (secondary N) is 1. The number of carbonyl (C=O) groups is 1. The highest BCUT2D eigenvalue weighted by Gasteiger charge is 2.28. The van der Waals surface area contributed by atoms with Gasteiger partial charge >= 0.3 is 0 Å². The summed E-state index contributed by atoms with van der Waals surface area (Å²) in [5.41, 5.74) is 0.585. The Morgan fingerprint density at radius 3 is 2.52 bits per heavy atom. The lowest BCUT2D eigenvalue weighted by atomic mass is 10.0. The Hall–Kier alpha value is -1.70. The normalized spacial score (nSPS) is 18.9. The van der Waals surface area contributed by atoms with E-state index in [2.05, 4.69) is 12.2 Å². The van der Waals surface area contributed by atoms with Crippen LogP contribution in [0.1, 0.15) is 34.3 Å². The fourth-order valence-electron chi connectivity index (χ4n) is 2.97. The quantitative estimate of drug-likeness (QED) is 0.881. The SMILES string of the molecule is Cc1ccc(C(=O)Nc2ccc(S(=O)(=O)N3CCCC(C)C3)cc2)s1. The van der Waals surface area contributed by atoms with Crippen LogP contribution >= 0.6 is 11.3 Å². The minimum atomic E-state index is -3.47. The van der Waals surface area contributed by atoms with E-state index in [-0.39, 0.29) is 10.8 Å². The fourth-order valence-corrected chi connectivity index (χ4v) is 5.33. The van der Waals surface area contributed by atoms with Gasteiger partial charge in [0, 0.05) is 23.7 Å². The van der Waals surface area contributed by atoms with Crippen molar-refractivity contribution in [3.63, 3.8) is 0 Å². The molecule has 25 heavy (non-hydrogen) atoms. The highest BCUT2D eigenvalue weighted by Crippen LogP contribution is 2.25. The molecule has 0 saturated carbocycles. The number of sulfonamides is 1. The summed E-state index contributed by atoms with van der Waals surface area (Å²) in [7, 11) is -3.47. The van der Waals surface area contributed by atoms with E-state index in [1.54, 1.807) is 34.6 Å². The number of amides is 1. The van der Waals surface area contributed by atoms with Crippen LogP contribution in [0.5, 0.6) is 0 Å². The van der Waals surface area contributed by atoms with Crippen molar-refractivity contribution in [1.82, 2.24) is 4.31 Å². The second kappa shape index (κ2) is 7.27. The molecule has 1 aromatic heterocycles. The van der Waals surface area contributed by atoms with E-state index < -0.39 is 10.0 Å². The molecule has 0 radical (unpaired) electrons. The van der Waals surface area contributed by atoms with Crippen molar-refractivity contribution in [2.45, 2.75) is 31.6 Å². The van der Waals surface area contributed by atoms with Gasteiger partial charge in [-0.1, -0.05) is 6.92 Å². The molecular weight excluding hydrogens is 356 g/mol. The smallest absolute Gasteiger partial charge is 0.265 e. The van der Waals surface area contributed by atoms with Crippen LogP contribution in [0.4, 0.5) is 5.69 Å². The van der Waals surface area contributed by atoms with Gasteiger partial charge in [0.15, 0.2) is 0 Å². The molecule has 2 heterocycles. The molecule has 1 N–H and O–H groups in total.